The molecule has 2 N–H and O–H groups in total. The molecule has 158 valence electrons. The Hall–Kier alpha value is -1.65. The Bertz CT molecular complexity index is 691. The lowest BCUT2D eigenvalue weighted by molar-refractivity contribution is -0.128. The highest BCUT2D eigenvalue weighted by atomic mass is 127. The van der Waals surface area contributed by atoms with Crippen molar-refractivity contribution < 1.29 is 13.6 Å². The number of piperazine rings is 1. The maximum Gasteiger partial charge on any atom is 0.227 e. The Morgan fingerprint density at radius 2 is 1.82 bits per heavy atom. The van der Waals surface area contributed by atoms with E-state index >= 15 is 0 Å². The summed E-state index contributed by atoms with van der Waals surface area (Å²) in [6.07, 6.45) is 0. The zero-order chi connectivity index (χ0) is 20.0. The van der Waals surface area contributed by atoms with Crippen LogP contribution in [0, 0.1) is 17.0 Å². The molecule has 0 atom stereocenters. The van der Waals surface area contributed by atoms with Crippen LogP contribution in [0.4, 0.5) is 14.5 Å². The highest BCUT2D eigenvalue weighted by Gasteiger charge is 2.28. The number of anilines is 1. The van der Waals surface area contributed by atoms with Crippen molar-refractivity contribution in [2.75, 3.05) is 51.2 Å². The van der Waals surface area contributed by atoms with Gasteiger partial charge in [-0.15, -0.1) is 24.0 Å². The largest absolute Gasteiger partial charge is 0.366 e. The van der Waals surface area contributed by atoms with E-state index in [4.69, 9.17) is 0 Å². The van der Waals surface area contributed by atoms with Crippen LogP contribution in [0.1, 0.15) is 20.8 Å². The first-order chi connectivity index (χ1) is 12.8. The van der Waals surface area contributed by atoms with E-state index in [1.54, 1.807) is 7.05 Å². The summed E-state index contributed by atoms with van der Waals surface area (Å²) in [5.41, 5.74) is -0.284. The van der Waals surface area contributed by atoms with Crippen molar-refractivity contribution in [2.24, 2.45) is 10.4 Å². The number of rotatable bonds is 5. The highest BCUT2D eigenvalue weighted by molar-refractivity contribution is 14.0. The second-order valence-electron chi connectivity index (χ2n) is 7.21. The SMILES string of the molecule is CCNC(=O)C(C)(C)CNC(=NC)N1CCN(c2cc(F)ccc2F)CC1.I. The van der Waals surface area contributed by atoms with E-state index < -0.39 is 17.0 Å². The van der Waals surface area contributed by atoms with E-state index in [0.29, 0.717) is 45.2 Å². The van der Waals surface area contributed by atoms with Crippen LogP contribution >= 0.6 is 24.0 Å². The lowest BCUT2D eigenvalue weighted by Crippen LogP contribution is -2.54. The fourth-order valence-electron chi connectivity index (χ4n) is 3.00. The molecule has 1 aromatic carbocycles. The molecule has 1 heterocycles. The summed E-state index contributed by atoms with van der Waals surface area (Å²) in [7, 11) is 1.69. The number of carbonyl (C=O) groups is 1. The molecule has 0 unspecified atom stereocenters. The van der Waals surface area contributed by atoms with Crippen molar-refractivity contribution in [1.82, 2.24) is 15.5 Å². The molecule has 0 spiro atoms. The van der Waals surface area contributed by atoms with Crippen LogP contribution in [-0.4, -0.2) is 63.1 Å². The molecule has 1 aromatic rings. The molecule has 1 aliphatic heterocycles. The molecule has 6 nitrogen and oxygen atoms in total. The molecule has 1 aliphatic rings. The van der Waals surface area contributed by atoms with Gasteiger partial charge in [-0.1, -0.05) is 0 Å². The van der Waals surface area contributed by atoms with Crippen molar-refractivity contribution in [3.05, 3.63) is 29.8 Å². The maximum atomic E-state index is 14.0. The third-order valence-electron chi connectivity index (χ3n) is 4.68. The summed E-state index contributed by atoms with van der Waals surface area (Å²) in [6.45, 7) is 9.04. The molecule has 1 amide bonds. The third kappa shape index (κ3) is 6.18. The smallest absolute Gasteiger partial charge is 0.227 e. The summed E-state index contributed by atoms with van der Waals surface area (Å²) in [4.78, 5) is 20.3. The number of nitrogens with zero attached hydrogens (tertiary/aromatic N) is 3. The Kier molecular flexibility index (Phi) is 9.38. The first kappa shape index (κ1) is 24.4. The third-order valence-corrected chi connectivity index (χ3v) is 4.68. The monoisotopic (exact) mass is 509 g/mol. The van der Waals surface area contributed by atoms with Crippen LogP contribution < -0.4 is 15.5 Å². The minimum absolute atomic E-state index is 0. The molecule has 0 saturated carbocycles. The highest BCUT2D eigenvalue weighted by Crippen LogP contribution is 2.22. The van der Waals surface area contributed by atoms with Crippen LogP contribution in [0.2, 0.25) is 0 Å². The summed E-state index contributed by atoms with van der Waals surface area (Å²) < 4.78 is 27.4. The number of aliphatic imine (C=N–C) groups is 1. The topological polar surface area (TPSA) is 60.0 Å². The van der Waals surface area contributed by atoms with Gasteiger partial charge in [0.25, 0.3) is 0 Å². The molecule has 0 aliphatic carbocycles. The lowest BCUT2D eigenvalue weighted by Gasteiger charge is -2.38. The number of nitrogens with one attached hydrogen (secondary N) is 2. The van der Waals surface area contributed by atoms with Gasteiger partial charge in [0.15, 0.2) is 5.96 Å². The van der Waals surface area contributed by atoms with Gasteiger partial charge in [-0.2, -0.15) is 0 Å². The normalized spacial score (nSPS) is 15.1. The summed E-state index contributed by atoms with van der Waals surface area (Å²) >= 11 is 0. The number of hydrogen-bond donors (Lipinski definition) is 2. The van der Waals surface area contributed by atoms with Gasteiger partial charge in [0.2, 0.25) is 5.91 Å². The molecule has 1 fully saturated rings. The molecule has 1 saturated heterocycles. The zero-order valence-corrected chi connectivity index (χ0v) is 19.2. The Morgan fingerprint density at radius 1 is 1.18 bits per heavy atom. The predicted molar refractivity (Wildman–Crippen MR) is 119 cm³/mol. The number of halogens is 3. The van der Waals surface area contributed by atoms with Crippen molar-refractivity contribution in [2.45, 2.75) is 20.8 Å². The average Bonchev–Trinajstić information content (AvgIpc) is 2.65. The molecule has 0 aromatic heterocycles. The lowest BCUT2D eigenvalue weighted by atomic mass is 9.92. The molecule has 0 radical (unpaired) electrons. The Labute approximate surface area is 182 Å². The van der Waals surface area contributed by atoms with Gasteiger partial charge in [-0.25, -0.2) is 8.78 Å². The van der Waals surface area contributed by atoms with E-state index in [-0.39, 0.29) is 35.6 Å². The van der Waals surface area contributed by atoms with Crippen LogP contribution in [0.3, 0.4) is 0 Å². The fourth-order valence-corrected chi connectivity index (χ4v) is 3.00. The van der Waals surface area contributed by atoms with Gasteiger partial charge in [0.1, 0.15) is 11.6 Å². The van der Waals surface area contributed by atoms with E-state index in [1.165, 1.54) is 6.07 Å². The minimum atomic E-state index is -0.571. The second kappa shape index (κ2) is 10.8. The van der Waals surface area contributed by atoms with Gasteiger partial charge < -0.3 is 20.4 Å². The van der Waals surface area contributed by atoms with E-state index in [1.807, 2.05) is 25.7 Å². The van der Waals surface area contributed by atoms with Crippen LogP contribution in [-0.2, 0) is 4.79 Å². The zero-order valence-electron chi connectivity index (χ0n) is 16.9. The van der Waals surface area contributed by atoms with Crippen LogP contribution in [0.25, 0.3) is 0 Å². The molecular formula is C19H30F2IN5O. The number of amides is 1. The number of benzene rings is 1. The van der Waals surface area contributed by atoms with Gasteiger partial charge in [-0.05, 0) is 32.9 Å². The first-order valence-electron chi connectivity index (χ1n) is 9.22. The van der Waals surface area contributed by atoms with E-state index in [2.05, 4.69) is 20.5 Å². The summed E-state index contributed by atoms with van der Waals surface area (Å²) in [6, 6.07) is 3.51. The van der Waals surface area contributed by atoms with Crippen molar-refractivity contribution in [3.63, 3.8) is 0 Å². The second-order valence-corrected chi connectivity index (χ2v) is 7.21. The first-order valence-corrected chi connectivity index (χ1v) is 9.22. The van der Waals surface area contributed by atoms with Gasteiger partial charge in [-0.3, -0.25) is 9.79 Å². The van der Waals surface area contributed by atoms with Crippen molar-refractivity contribution in [3.8, 4) is 0 Å². The molecule has 0 bridgehead atoms. The quantitative estimate of drug-likeness (QED) is 0.364. The average molecular weight is 509 g/mol. The van der Waals surface area contributed by atoms with E-state index in [0.717, 1.165) is 12.1 Å². The Morgan fingerprint density at radius 3 is 2.39 bits per heavy atom. The van der Waals surface area contributed by atoms with Crippen LogP contribution in [0.5, 0.6) is 0 Å². The van der Waals surface area contributed by atoms with E-state index in [9.17, 15) is 13.6 Å². The number of carbonyl (C=O) groups excluding carboxylic acids is 1. The molecule has 9 heteroatoms. The standard InChI is InChI=1S/C19H29F2N5O.HI/c1-5-23-17(27)19(2,3)13-24-18(22-4)26-10-8-25(9-11-26)16-12-14(20)6-7-15(16)21;/h6-7,12H,5,8-11,13H2,1-4H3,(H,22,24)(H,23,27);1H. The number of hydrogen-bond acceptors (Lipinski definition) is 3. The van der Waals surface area contributed by atoms with Gasteiger partial charge in [0, 0.05) is 52.4 Å². The van der Waals surface area contributed by atoms with Crippen LogP contribution in [0.15, 0.2) is 23.2 Å². The Balaban J connectivity index is 0.00000392. The molecule has 2 rings (SSSR count). The van der Waals surface area contributed by atoms with Gasteiger partial charge in [0.05, 0.1) is 11.1 Å². The van der Waals surface area contributed by atoms with Crippen molar-refractivity contribution >= 4 is 41.5 Å². The summed E-state index contributed by atoms with van der Waals surface area (Å²) in [5, 5.41) is 6.09. The molecular weight excluding hydrogens is 479 g/mol. The number of guanidine groups is 1. The minimum Gasteiger partial charge on any atom is -0.366 e. The summed E-state index contributed by atoms with van der Waals surface area (Å²) in [5.74, 6) is -0.180. The predicted octanol–water partition coefficient (Wildman–Crippen LogP) is 2.44. The molecule has 28 heavy (non-hydrogen) atoms. The van der Waals surface area contributed by atoms with Crippen molar-refractivity contribution in [1.29, 1.82) is 0 Å². The maximum absolute atomic E-state index is 14.0. The van der Waals surface area contributed by atoms with Gasteiger partial charge >= 0.3 is 0 Å². The fraction of sp³-hybridized carbons (Fsp3) is 0.579.